The molecule has 1 saturated heterocycles. The van der Waals surface area contributed by atoms with Crippen molar-refractivity contribution in [1.82, 2.24) is 14.7 Å². The highest BCUT2D eigenvalue weighted by Gasteiger charge is 2.37. The van der Waals surface area contributed by atoms with Crippen molar-refractivity contribution in [3.05, 3.63) is 66.5 Å². The predicted octanol–water partition coefficient (Wildman–Crippen LogP) is 3.06. The number of hydrogen-bond donors (Lipinski definition) is 0. The van der Waals surface area contributed by atoms with Gasteiger partial charge in [-0.2, -0.15) is 18.3 Å². The van der Waals surface area contributed by atoms with Crippen molar-refractivity contribution in [2.24, 2.45) is 0 Å². The summed E-state index contributed by atoms with van der Waals surface area (Å²) >= 11 is 0. The summed E-state index contributed by atoms with van der Waals surface area (Å²) < 4.78 is 46.1. The van der Waals surface area contributed by atoms with E-state index in [9.17, 15) is 18.0 Å². The Morgan fingerprint density at radius 1 is 1.35 bits per heavy atom. The maximum absolute atomic E-state index is 12.8. The van der Waals surface area contributed by atoms with Crippen LogP contribution >= 0.6 is 0 Å². The van der Waals surface area contributed by atoms with Gasteiger partial charge in [-0.25, -0.2) is 0 Å². The predicted molar refractivity (Wildman–Crippen MR) is 88.1 cm³/mol. The first-order chi connectivity index (χ1) is 12.4. The molecule has 2 aromatic rings. The van der Waals surface area contributed by atoms with E-state index in [1.165, 1.54) is 12.1 Å². The summed E-state index contributed by atoms with van der Waals surface area (Å²) in [7, 11) is 0. The van der Waals surface area contributed by atoms with E-state index in [1.54, 1.807) is 34.1 Å². The van der Waals surface area contributed by atoms with E-state index in [-0.39, 0.29) is 24.7 Å². The molecule has 1 fully saturated rings. The first-order valence-electron chi connectivity index (χ1n) is 8.06. The maximum atomic E-state index is 12.8. The first kappa shape index (κ1) is 18.2. The fourth-order valence-corrected chi connectivity index (χ4v) is 3.00. The molecule has 1 aliphatic heterocycles. The molecule has 0 bridgehead atoms. The van der Waals surface area contributed by atoms with E-state index in [0.717, 1.165) is 12.1 Å². The highest BCUT2D eigenvalue weighted by Crippen LogP contribution is 2.30. The fraction of sp³-hybridized carbons (Fsp3) is 0.333. The zero-order valence-electron chi connectivity index (χ0n) is 13.9. The summed E-state index contributed by atoms with van der Waals surface area (Å²) in [5.41, 5.74) is -0.287. The van der Waals surface area contributed by atoms with Crippen LogP contribution in [0.1, 0.15) is 17.2 Å². The average Bonchev–Trinajstić information content (AvgIpc) is 3.28. The Hall–Kier alpha value is -2.61. The van der Waals surface area contributed by atoms with Gasteiger partial charge in [0.1, 0.15) is 0 Å². The molecule has 0 radical (unpaired) electrons. The van der Waals surface area contributed by atoms with Gasteiger partial charge in [0.05, 0.1) is 24.3 Å². The van der Waals surface area contributed by atoms with Crippen LogP contribution in [-0.4, -0.2) is 39.8 Å². The molecule has 0 N–H and O–H groups in total. The normalized spacial score (nSPS) is 20.3. The van der Waals surface area contributed by atoms with Crippen LogP contribution in [-0.2, 0) is 22.3 Å². The number of amides is 1. The molecule has 2 atom stereocenters. The third-order valence-corrected chi connectivity index (χ3v) is 4.31. The van der Waals surface area contributed by atoms with Gasteiger partial charge in [0.25, 0.3) is 0 Å². The second-order valence-electron chi connectivity index (χ2n) is 6.05. The summed E-state index contributed by atoms with van der Waals surface area (Å²) in [6.07, 6.45) is -0.147. The van der Waals surface area contributed by atoms with Crippen molar-refractivity contribution in [2.75, 3.05) is 13.1 Å². The smallest absolute Gasteiger partial charge is 0.369 e. The molecule has 0 unspecified atom stereocenters. The van der Waals surface area contributed by atoms with Gasteiger partial charge in [-0.15, -0.1) is 0 Å². The highest BCUT2D eigenvalue weighted by atomic mass is 19.4. The van der Waals surface area contributed by atoms with E-state index < -0.39 is 11.7 Å². The lowest BCUT2D eigenvalue weighted by atomic mass is 10.1. The van der Waals surface area contributed by atoms with Crippen molar-refractivity contribution in [1.29, 1.82) is 0 Å². The van der Waals surface area contributed by atoms with Gasteiger partial charge in [-0.05, 0) is 29.8 Å². The molecule has 26 heavy (non-hydrogen) atoms. The van der Waals surface area contributed by atoms with Gasteiger partial charge in [0, 0.05) is 25.5 Å². The third-order valence-electron chi connectivity index (χ3n) is 4.31. The number of rotatable bonds is 5. The summed E-state index contributed by atoms with van der Waals surface area (Å²) in [6, 6.07) is 6.59. The Morgan fingerprint density at radius 2 is 2.15 bits per heavy atom. The average molecular weight is 365 g/mol. The SMILES string of the molecule is C=CC(=O)N1C[C@@H](n2cccn2)[C@H](OCc2cccc(C(F)(F)F)c2)C1. The van der Waals surface area contributed by atoms with E-state index in [1.807, 2.05) is 0 Å². The topological polar surface area (TPSA) is 47.4 Å². The Kier molecular flexibility index (Phi) is 5.13. The van der Waals surface area contributed by atoms with E-state index in [2.05, 4.69) is 11.7 Å². The van der Waals surface area contributed by atoms with Crippen LogP contribution in [0.5, 0.6) is 0 Å². The van der Waals surface area contributed by atoms with Gasteiger partial charge in [0.15, 0.2) is 0 Å². The van der Waals surface area contributed by atoms with Crippen LogP contribution in [0.2, 0.25) is 0 Å². The molecule has 0 spiro atoms. The molecule has 1 aromatic heterocycles. The Bertz CT molecular complexity index is 774. The molecular formula is C18H18F3N3O2. The van der Waals surface area contributed by atoms with Crippen LogP contribution in [0.4, 0.5) is 13.2 Å². The summed E-state index contributed by atoms with van der Waals surface area (Å²) in [6.45, 7) is 4.23. The van der Waals surface area contributed by atoms with Crippen molar-refractivity contribution in [3.63, 3.8) is 0 Å². The number of likely N-dealkylation sites (tertiary alicyclic amines) is 1. The number of carbonyl (C=O) groups excluding carboxylic acids is 1. The molecule has 1 aliphatic rings. The number of halogens is 3. The van der Waals surface area contributed by atoms with Gasteiger partial charge in [-0.3, -0.25) is 9.48 Å². The summed E-state index contributed by atoms with van der Waals surface area (Å²) in [5.74, 6) is -0.215. The van der Waals surface area contributed by atoms with E-state index in [0.29, 0.717) is 18.7 Å². The number of benzene rings is 1. The number of aromatic nitrogens is 2. The van der Waals surface area contributed by atoms with Gasteiger partial charge >= 0.3 is 6.18 Å². The van der Waals surface area contributed by atoms with Crippen molar-refractivity contribution >= 4 is 5.91 Å². The molecule has 138 valence electrons. The lowest BCUT2D eigenvalue weighted by Gasteiger charge is -2.19. The van der Waals surface area contributed by atoms with Crippen LogP contribution in [0, 0.1) is 0 Å². The van der Waals surface area contributed by atoms with Gasteiger partial charge in [-0.1, -0.05) is 18.7 Å². The molecule has 5 nitrogen and oxygen atoms in total. The molecule has 1 aromatic carbocycles. The van der Waals surface area contributed by atoms with Crippen LogP contribution < -0.4 is 0 Å². The van der Waals surface area contributed by atoms with Crippen LogP contribution in [0.15, 0.2) is 55.4 Å². The maximum Gasteiger partial charge on any atom is 0.416 e. The molecule has 3 rings (SSSR count). The molecule has 0 saturated carbocycles. The van der Waals surface area contributed by atoms with Gasteiger partial charge in [0.2, 0.25) is 5.91 Å². The molecule has 2 heterocycles. The minimum absolute atomic E-state index is 0.0163. The molecule has 1 amide bonds. The van der Waals surface area contributed by atoms with Crippen molar-refractivity contribution in [2.45, 2.75) is 24.9 Å². The number of alkyl halides is 3. The summed E-state index contributed by atoms with van der Waals surface area (Å²) in [5, 5.41) is 4.19. The van der Waals surface area contributed by atoms with E-state index >= 15 is 0 Å². The minimum Gasteiger partial charge on any atom is -0.369 e. The van der Waals surface area contributed by atoms with Crippen molar-refractivity contribution in [3.8, 4) is 0 Å². The largest absolute Gasteiger partial charge is 0.416 e. The van der Waals surface area contributed by atoms with Crippen LogP contribution in [0.25, 0.3) is 0 Å². The second-order valence-corrected chi connectivity index (χ2v) is 6.05. The minimum atomic E-state index is -4.39. The first-order valence-corrected chi connectivity index (χ1v) is 8.06. The lowest BCUT2D eigenvalue weighted by molar-refractivity contribution is -0.137. The summed E-state index contributed by atoms with van der Waals surface area (Å²) in [4.78, 5) is 13.5. The van der Waals surface area contributed by atoms with Gasteiger partial charge < -0.3 is 9.64 Å². The Morgan fingerprint density at radius 3 is 2.81 bits per heavy atom. The Balaban J connectivity index is 1.72. The number of carbonyl (C=O) groups is 1. The van der Waals surface area contributed by atoms with Crippen molar-refractivity contribution < 1.29 is 22.7 Å². The highest BCUT2D eigenvalue weighted by molar-refractivity contribution is 5.87. The fourth-order valence-electron chi connectivity index (χ4n) is 3.00. The number of ether oxygens (including phenoxy) is 1. The third kappa shape index (κ3) is 3.96. The monoisotopic (exact) mass is 365 g/mol. The number of hydrogen-bond acceptors (Lipinski definition) is 3. The zero-order valence-corrected chi connectivity index (χ0v) is 13.9. The lowest BCUT2D eigenvalue weighted by Crippen LogP contribution is -2.28. The second kappa shape index (κ2) is 7.33. The molecule has 8 heteroatoms. The Labute approximate surface area is 148 Å². The van der Waals surface area contributed by atoms with Crippen LogP contribution in [0.3, 0.4) is 0 Å². The molecular weight excluding hydrogens is 347 g/mol. The quantitative estimate of drug-likeness (QED) is 0.765. The number of nitrogens with zero attached hydrogens (tertiary/aromatic N) is 3. The van der Waals surface area contributed by atoms with E-state index in [4.69, 9.17) is 4.74 Å². The molecule has 0 aliphatic carbocycles. The zero-order chi connectivity index (χ0) is 18.7. The standard InChI is InChI=1S/C18H18F3N3O2/c1-2-17(25)23-10-15(24-8-4-7-22-24)16(11-23)26-12-13-5-3-6-14(9-13)18(19,20)21/h2-9,15-16H,1,10-12H2/t15-,16-/m1/s1.